The lowest BCUT2D eigenvalue weighted by Gasteiger charge is -2.27. The number of rotatable bonds is 3. The number of hydrogen-bond donors (Lipinski definition) is 1. The first-order valence-corrected chi connectivity index (χ1v) is 6.47. The van der Waals surface area contributed by atoms with Crippen LogP contribution in [0, 0.1) is 11.7 Å². The van der Waals surface area contributed by atoms with Gasteiger partial charge in [0.25, 0.3) is 5.56 Å². The van der Waals surface area contributed by atoms with Gasteiger partial charge < -0.3 is 4.74 Å². The molecule has 0 bridgehead atoms. The van der Waals surface area contributed by atoms with Crippen molar-refractivity contribution < 1.29 is 17.9 Å². The summed E-state index contributed by atoms with van der Waals surface area (Å²) in [7, 11) is 0. The van der Waals surface area contributed by atoms with Gasteiger partial charge in [-0.25, -0.2) is 13.6 Å². The minimum Gasteiger partial charge on any atom is -0.344 e. The Morgan fingerprint density at radius 1 is 1.52 bits per heavy atom. The Labute approximate surface area is 118 Å². The van der Waals surface area contributed by atoms with E-state index in [0.29, 0.717) is 10.8 Å². The minimum atomic E-state index is -1.66. The Balaban J connectivity index is 2.50. The molecule has 0 radical (unpaired) electrons. The lowest BCUT2D eigenvalue weighted by atomic mass is 9.85. The molecular formula is C13H15F3N2O3. The van der Waals surface area contributed by atoms with E-state index >= 15 is 0 Å². The molecule has 116 valence electrons. The van der Waals surface area contributed by atoms with Crippen LogP contribution in [0.25, 0.3) is 0 Å². The minimum absolute atomic E-state index is 0.255. The van der Waals surface area contributed by atoms with Crippen LogP contribution in [-0.2, 0) is 4.74 Å². The van der Waals surface area contributed by atoms with Crippen molar-refractivity contribution in [3.63, 3.8) is 0 Å². The maximum Gasteiger partial charge on any atom is 0.330 e. The number of aromatic amines is 1. The lowest BCUT2D eigenvalue weighted by molar-refractivity contribution is -0.0650. The van der Waals surface area contributed by atoms with E-state index in [0.717, 1.165) is 6.08 Å². The molecule has 0 spiro atoms. The third-order valence-electron chi connectivity index (χ3n) is 3.96. The Kier molecular flexibility index (Phi) is 4.08. The number of H-pyrrole nitrogens is 1. The summed E-state index contributed by atoms with van der Waals surface area (Å²) < 4.78 is 46.4. The quantitative estimate of drug-likeness (QED) is 0.926. The van der Waals surface area contributed by atoms with Gasteiger partial charge >= 0.3 is 5.69 Å². The molecule has 5 nitrogen and oxygen atoms in total. The first-order chi connectivity index (χ1) is 9.86. The van der Waals surface area contributed by atoms with Crippen molar-refractivity contribution in [3.8, 4) is 0 Å². The van der Waals surface area contributed by atoms with Crippen LogP contribution < -0.4 is 11.2 Å². The topological polar surface area (TPSA) is 64.1 Å². The van der Waals surface area contributed by atoms with Crippen LogP contribution in [0.3, 0.4) is 0 Å². The normalized spacial score (nSPS) is 32.9. The molecule has 1 aliphatic rings. The maximum atomic E-state index is 14.4. The molecule has 0 unspecified atom stereocenters. The average molecular weight is 304 g/mol. The molecule has 4 atom stereocenters. The molecule has 1 aromatic rings. The van der Waals surface area contributed by atoms with Crippen LogP contribution in [0.4, 0.5) is 13.2 Å². The Hall–Kier alpha value is -1.83. The molecule has 1 fully saturated rings. The number of halogens is 3. The van der Waals surface area contributed by atoms with Crippen LogP contribution in [0.1, 0.15) is 26.5 Å². The van der Waals surface area contributed by atoms with Crippen molar-refractivity contribution in [1.82, 2.24) is 9.55 Å². The highest BCUT2D eigenvalue weighted by Crippen LogP contribution is 2.45. The zero-order valence-corrected chi connectivity index (χ0v) is 11.5. The van der Waals surface area contributed by atoms with Crippen molar-refractivity contribution in [2.45, 2.75) is 38.3 Å². The first kappa shape index (κ1) is 15.6. The number of ether oxygens (including phenoxy) is 1. The summed E-state index contributed by atoms with van der Waals surface area (Å²) in [5.74, 6) is -1.98. The summed E-state index contributed by atoms with van der Waals surface area (Å²) in [6, 6.07) is 0. The summed E-state index contributed by atoms with van der Waals surface area (Å²) in [6.45, 7) is 3.20. The van der Waals surface area contributed by atoms with Crippen LogP contribution in [-0.4, -0.2) is 21.3 Å². The Morgan fingerprint density at radius 2 is 2.19 bits per heavy atom. The van der Waals surface area contributed by atoms with Crippen LogP contribution in [0.15, 0.2) is 28.2 Å². The fourth-order valence-electron chi connectivity index (χ4n) is 2.59. The molecule has 0 aliphatic carbocycles. The molecule has 2 heterocycles. The second-order valence-corrected chi connectivity index (χ2v) is 4.99. The van der Waals surface area contributed by atoms with E-state index in [1.165, 1.54) is 6.92 Å². The van der Waals surface area contributed by atoms with Crippen LogP contribution in [0.5, 0.6) is 0 Å². The predicted octanol–water partition coefficient (Wildman–Crippen LogP) is 1.81. The van der Waals surface area contributed by atoms with Gasteiger partial charge in [0.05, 0.1) is 18.1 Å². The standard InChI is InChI=1S/C13H15F3N2O3/c1-3-13(4-5-14)7(2)9(16)11(21-13)18-6-8(15)10(19)17-12(18)20/h4-7,9,11H,3H2,1-2H3,(H,17,19,20)/b5-4-/t7-,9-,11+,13-/m0/s1. The van der Waals surface area contributed by atoms with Crippen molar-refractivity contribution in [3.05, 3.63) is 45.3 Å². The van der Waals surface area contributed by atoms with Gasteiger partial charge in [-0.05, 0) is 12.5 Å². The highest BCUT2D eigenvalue weighted by molar-refractivity contribution is 5.09. The highest BCUT2D eigenvalue weighted by Gasteiger charge is 2.52. The van der Waals surface area contributed by atoms with Crippen LogP contribution >= 0.6 is 0 Å². The van der Waals surface area contributed by atoms with Gasteiger partial charge in [0, 0.05) is 5.92 Å². The molecule has 0 saturated carbocycles. The summed E-state index contributed by atoms with van der Waals surface area (Å²) >= 11 is 0. The molecule has 21 heavy (non-hydrogen) atoms. The summed E-state index contributed by atoms with van der Waals surface area (Å²) in [5, 5.41) is 0. The van der Waals surface area contributed by atoms with E-state index in [-0.39, 0.29) is 12.8 Å². The fourth-order valence-corrected chi connectivity index (χ4v) is 2.59. The van der Waals surface area contributed by atoms with Gasteiger partial charge in [-0.2, -0.15) is 4.39 Å². The number of aromatic nitrogens is 2. The second kappa shape index (κ2) is 5.51. The Bertz CT molecular complexity index is 669. The number of nitrogens with one attached hydrogen (secondary N) is 1. The SMILES string of the molecule is CC[C@@]1(/C=C\F)O[C@@H](n2cc(F)c(=O)[nH]c2=O)[C@@H](F)[C@@H]1C. The van der Waals surface area contributed by atoms with E-state index in [2.05, 4.69) is 0 Å². The van der Waals surface area contributed by atoms with E-state index < -0.39 is 41.0 Å². The zero-order valence-electron chi connectivity index (χ0n) is 11.5. The number of nitrogens with zero attached hydrogens (tertiary/aromatic N) is 1. The van der Waals surface area contributed by atoms with E-state index in [1.54, 1.807) is 11.9 Å². The van der Waals surface area contributed by atoms with Crippen molar-refractivity contribution in [1.29, 1.82) is 0 Å². The average Bonchev–Trinajstić information content (AvgIpc) is 2.69. The summed E-state index contributed by atoms with van der Waals surface area (Å²) in [6.07, 6.45) is -0.899. The predicted molar refractivity (Wildman–Crippen MR) is 68.7 cm³/mol. The van der Waals surface area contributed by atoms with E-state index in [1.807, 2.05) is 0 Å². The van der Waals surface area contributed by atoms with Crippen molar-refractivity contribution >= 4 is 0 Å². The van der Waals surface area contributed by atoms with Gasteiger partial charge in [-0.15, -0.1) is 0 Å². The van der Waals surface area contributed by atoms with Gasteiger partial charge in [0.15, 0.2) is 12.4 Å². The monoisotopic (exact) mass is 304 g/mol. The fraction of sp³-hybridized carbons (Fsp3) is 0.538. The molecule has 0 amide bonds. The molecule has 8 heteroatoms. The third-order valence-corrected chi connectivity index (χ3v) is 3.96. The third kappa shape index (κ3) is 2.44. The number of hydrogen-bond acceptors (Lipinski definition) is 3. The second-order valence-electron chi connectivity index (χ2n) is 4.99. The molecule has 1 N–H and O–H groups in total. The first-order valence-electron chi connectivity index (χ1n) is 6.47. The number of alkyl halides is 1. The molecule has 1 aromatic heterocycles. The van der Waals surface area contributed by atoms with Gasteiger partial charge in [0.2, 0.25) is 5.82 Å². The van der Waals surface area contributed by atoms with E-state index in [9.17, 15) is 22.8 Å². The zero-order chi connectivity index (χ0) is 15.8. The van der Waals surface area contributed by atoms with Gasteiger partial charge in [0.1, 0.15) is 0 Å². The molecule has 1 aliphatic heterocycles. The Morgan fingerprint density at radius 3 is 2.76 bits per heavy atom. The van der Waals surface area contributed by atoms with Gasteiger partial charge in [-0.3, -0.25) is 14.3 Å². The van der Waals surface area contributed by atoms with Gasteiger partial charge in [-0.1, -0.05) is 13.8 Å². The molecule has 2 rings (SSSR count). The molecule has 1 saturated heterocycles. The summed E-state index contributed by atoms with van der Waals surface area (Å²) in [4.78, 5) is 24.4. The van der Waals surface area contributed by atoms with Crippen molar-refractivity contribution in [2.24, 2.45) is 5.92 Å². The van der Waals surface area contributed by atoms with Crippen LogP contribution in [0.2, 0.25) is 0 Å². The largest absolute Gasteiger partial charge is 0.344 e. The van der Waals surface area contributed by atoms with E-state index in [4.69, 9.17) is 4.74 Å². The lowest BCUT2D eigenvalue weighted by Crippen LogP contribution is -2.36. The smallest absolute Gasteiger partial charge is 0.330 e. The highest BCUT2D eigenvalue weighted by atomic mass is 19.1. The summed E-state index contributed by atoms with van der Waals surface area (Å²) in [5.41, 5.74) is -3.41. The maximum absolute atomic E-state index is 14.4. The molecular weight excluding hydrogens is 289 g/mol. The van der Waals surface area contributed by atoms with Crippen molar-refractivity contribution in [2.75, 3.05) is 0 Å². The molecule has 0 aromatic carbocycles.